The van der Waals surface area contributed by atoms with E-state index in [9.17, 15) is 30.0 Å². The molecule has 0 aromatic heterocycles. The van der Waals surface area contributed by atoms with E-state index < -0.39 is 49.4 Å². The molecule has 0 aliphatic carbocycles. The molecule has 0 amide bonds. The average Bonchev–Trinajstić information content (AvgIpc) is 3.23. The molecule has 1 fully saturated rings. The van der Waals surface area contributed by atoms with Crippen molar-refractivity contribution in [1.29, 1.82) is 0 Å². The minimum Gasteiger partial charge on any atom is -0.462 e. The topological polar surface area (TPSA) is 152 Å². The summed E-state index contributed by atoms with van der Waals surface area (Å²) in [7, 11) is 0. The van der Waals surface area contributed by atoms with Crippen molar-refractivity contribution < 1.29 is 49.0 Å². The normalized spacial score (nSPS) is 20.1. The summed E-state index contributed by atoms with van der Waals surface area (Å²) in [4.78, 5) is 25.3. The molecule has 6 atom stereocenters. The molecule has 0 spiro atoms. The molecule has 6 unspecified atom stereocenters. The van der Waals surface area contributed by atoms with E-state index in [1.807, 2.05) is 0 Å². The van der Waals surface area contributed by atoms with E-state index in [4.69, 9.17) is 18.9 Å². The molecule has 1 rings (SSSR count). The van der Waals surface area contributed by atoms with Crippen LogP contribution in [-0.2, 0) is 28.5 Å². The molecule has 59 heavy (non-hydrogen) atoms. The quantitative estimate of drug-likeness (QED) is 0.0266. The van der Waals surface area contributed by atoms with Crippen molar-refractivity contribution in [2.24, 2.45) is 0 Å². The lowest BCUT2D eigenvalue weighted by Crippen LogP contribution is -2.59. The number of hydrogen-bond donors (Lipinski definition) is 4. The third-order valence-corrected chi connectivity index (χ3v) is 11.3. The highest BCUT2D eigenvalue weighted by molar-refractivity contribution is 5.70. The van der Waals surface area contributed by atoms with Crippen molar-refractivity contribution >= 4 is 11.9 Å². The summed E-state index contributed by atoms with van der Waals surface area (Å²) >= 11 is 0. The summed E-state index contributed by atoms with van der Waals surface area (Å²) in [6, 6.07) is 0. The van der Waals surface area contributed by atoms with Gasteiger partial charge in [0.25, 0.3) is 0 Å². The molecule has 10 heteroatoms. The predicted octanol–water partition coefficient (Wildman–Crippen LogP) is 10.9. The zero-order valence-corrected chi connectivity index (χ0v) is 37.8. The first-order valence-corrected chi connectivity index (χ1v) is 24.4. The van der Waals surface area contributed by atoms with Gasteiger partial charge in [-0.2, -0.15) is 0 Å². The predicted molar refractivity (Wildman–Crippen MR) is 238 cm³/mol. The molecule has 0 aromatic rings. The molecule has 0 radical (unpaired) electrons. The number of aliphatic hydroxyl groups is 4. The molecule has 0 saturated carbocycles. The van der Waals surface area contributed by atoms with E-state index in [1.165, 1.54) is 141 Å². The molecule has 1 aliphatic rings. The smallest absolute Gasteiger partial charge is 0.306 e. The van der Waals surface area contributed by atoms with Gasteiger partial charge in [-0.05, 0) is 44.9 Å². The fourth-order valence-corrected chi connectivity index (χ4v) is 7.45. The highest BCUT2D eigenvalue weighted by Gasteiger charge is 2.44. The Morgan fingerprint density at radius 1 is 0.525 bits per heavy atom. The maximum atomic E-state index is 12.8. The van der Waals surface area contributed by atoms with Crippen molar-refractivity contribution in [2.75, 3.05) is 19.8 Å². The number of carbonyl (C=O) groups excluding carboxylic acids is 2. The molecule has 0 aromatic carbocycles. The van der Waals surface area contributed by atoms with Crippen LogP contribution in [0, 0.1) is 0 Å². The van der Waals surface area contributed by atoms with Crippen molar-refractivity contribution in [2.45, 2.75) is 256 Å². The molecular weight excluding hydrogens is 749 g/mol. The van der Waals surface area contributed by atoms with Crippen LogP contribution in [0.5, 0.6) is 0 Å². The lowest BCUT2D eigenvalue weighted by molar-refractivity contribution is -0.305. The van der Waals surface area contributed by atoms with Crippen LogP contribution in [-0.4, -0.2) is 89.0 Å². The van der Waals surface area contributed by atoms with Crippen LogP contribution in [0.15, 0.2) is 24.3 Å². The van der Waals surface area contributed by atoms with Crippen molar-refractivity contribution in [3.05, 3.63) is 24.3 Å². The van der Waals surface area contributed by atoms with Crippen molar-refractivity contribution in [1.82, 2.24) is 0 Å². The molecule has 10 nitrogen and oxygen atoms in total. The highest BCUT2D eigenvalue weighted by Crippen LogP contribution is 2.23. The molecule has 1 aliphatic heterocycles. The second-order valence-electron chi connectivity index (χ2n) is 16.9. The molecule has 4 N–H and O–H groups in total. The fourth-order valence-electron chi connectivity index (χ4n) is 7.45. The third-order valence-electron chi connectivity index (χ3n) is 11.3. The Bertz CT molecular complexity index is 1020. The van der Waals surface area contributed by atoms with Gasteiger partial charge >= 0.3 is 11.9 Å². The van der Waals surface area contributed by atoms with E-state index in [0.29, 0.717) is 6.42 Å². The van der Waals surface area contributed by atoms with Gasteiger partial charge in [0, 0.05) is 12.8 Å². The van der Waals surface area contributed by atoms with Gasteiger partial charge in [-0.25, -0.2) is 0 Å². The van der Waals surface area contributed by atoms with Crippen LogP contribution >= 0.6 is 0 Å². The minimum absolute atomic E-state index is 0.214. The molecule has 1 heterocycles. The summed E-state index contributed by atoms with van der Waals surface area (Å²) in [6.07, 6.45) is 37.6. The summed E-state index contributed by atoms with van der Waals surface area (Å²) in [5.74, 6) is -0.801. The van der Waals surface area contributed by atoms with E-state index in [0.717, 1.165) is 44.9 Å². The number of carbonyl (C=O) groups is 2. The molecule has 346 valence electrons. The first kappa shape index (κ1) is 55.2. The Kier molecular flexibility index (Phi) is 37.7. The van der Waals surface area contributed by atoms with E-state index in [2.05, 4.69) is 38.2 Å². The maximum absolute atomic E-state index is 12.8. The monoisotopic (exact) mass is 839 g/mol. The number of allylic oxidation sites excluding steroid dienone is 4. The summed E-state index contributed by atoms with van der Waals surface area (Å²) in [6.45, 7) is 3.42. The number of unbranched alkanes of at least 4 members (excludes halogenated alkanes) is 26. The number of esters is 2. The van der Waals surface area contributed by atoms with Gasteiger partial charge in [-0.1, -0.05) is 186 Å². The van der Waals surface area contributed by atoms with E-state index >= 15 is 0 Å². The van der Waals surface area contributed by atoms with Gasteiger partial charge in [0.15, 0.2) is 12.4 Å². The van der Waals surface area contributed by atoms with Crippen molar-refractivity contribution in [3.63, 3.8) is 0 Å². The summed E-state index contributed by atoms with van der Waals surface area (Å²) in [5, 5.41) is 40.1. The van der Waals surface area contributed by atoms with Gasteiger partial charge in [0.1, 0.15) is 31.0 Å². The second-order valence-corrected chi connectivity index (χ2v) is 16.9. The van der Waals surface area contributed by atoms with Crippen LogP contribution in [0.3, 0.4) is 0 Å². The van der Waals surface area contributed by atoms with Gasteiger partial charge in [0.05, 0.1) is 13.2 Å². The fraction of sp³-hybridized carbons (Fsp3) is 0.878. The lowest BCUT2D eigenvalue weighted by atomic mass is 9.99. The first-order chi connectivity index (χ1) is 28.8. The lowest BCUT2D eigenvalue weighted by Gasteiger charge is -2.39. The molecular formula is C49H90O10. The standard InChI is InChI=1S/C49H90O10/c1-3-5-7-9-11-13-15-16-17-18-19-20-21-22-23-24-25-26-28-30-32-34-36-38-45(52)58-42(41-57-49-48(55)47(54)46(53)43(39-50)59-49)40-56-44(51)37-35-33-31-29-27-14-12-10-8-6-4-2/h15-16,18-19,42-43,46-50,53-55H,3-14,17,20-41H2,1-2H3/b16-15-,19-18-. The zero-order chi connectivity index (χ0) is 43.0. The van der Waals surface area contributed by atoms with Gasteiger partial charge in [-0.3, -0.25) is 9.59 Å². The van der Waals surface area contributed by atoms with Crippen LogP contribution in [0.1, 0.15) is 219 Å². The Morgan fingerprint density at radius 2 is 0.949 bits per heavy atom. The maximum Gasteiger partial charge on any atom is 0.306 e. The zero-order valence-electron chi connectivity index (χ0n) is 37.8. The Labute approximate surface area is 360 Å². The van der Waals surface area contributed by atoms with Crippen LogP contribution in [0.25, 0.3) is 0 Å². The third kappa shape index (κ3) is 31.7. The highest BCUT2D eigenvalue weighted by atomic mass is 16.7. The average molecular weight is 839 g/mol. The largest absolute Gasteiger partial charge is 0.462 e. The van der Waals surface area contributed by atoms with Crippen LogP contribution < -0.4 is 0 Å². The minimum atomic E-state index is -1.59. The van der Waals surface area contributed by atoms with Gasteiger partial charge in [0.2, 0.25) is 0 Å². The molecule has 0 bridgehead atoms. The van der Waals surface area contributed by atoms with E-state index in [-0.39, 0.29) is 32.0 Å². The Balaban J connectivity index is 2.24. The van der Waals surface area contributed by atoms with Gasteiger partial charge in [-0.15, -0.1) is 0 Å². The SMILES string of the molecule is CCCCCCC/C=C\C/C=C\CCCCCCCCCCCCCC(=O)OC(COC(=O)CCCCCCCCCCCCC)COC1OC(CO)C(O)C(O)C1O. The van der Waals surface area contributed by atoms with Crippen molar-refractivity contribution in [3.8, 4) is 0 Å². The Hall–Kier alpha value is -1.82. The van der Waals surface area contributed by atoms with E-state index in [1.54, 1.807) is 0 Å². The first-order valence-electron chi connectivity index (χ1n) is 24.4. The van der Waals surface area contributed by atoms with Gasteiger partial charge < -0.3 is 39.4 Å². The second kappa shape index (κ2) is 40.3. The summed E-state index contributed by atoms with van der Waals surface area (Å²) < 4.78 is 22.2. The Morgan fingerprint density at radius 3 is 1.41 bits per heavy atom. The number of aliphatic hydroxyl groups excluding tert-OH is 4. The number of rotatable bonds is 41. The van der Waals surface area contributed by atoms with Crippen LogP contribution in [0.2, 0.25) is 0 Å². The summed E-state index contributed by atoms with van der Waals surface area (Å²) in [5.41, 5.74) is 0. The number of ether oxygens (including phenoxy) is 4. The molecule has 1 saturated heterocycles. The van der Waals surface area contributed by atoms with Crippen LogP contribution in [0.4, 0.5) is 0 Å². The number of hydrogen-bond acceptors (Lipinski definition) is 10.